The van der Waals surface area contributed by atoms with Gasteiger partial charge >= 0.3 is 0 Å². The Labute approximate surface area is 170 Å². The Hall–Kier alpha value is -1.30. The minimum absolute atomic E-state index is 0.297. The number of nitrogens with one attached hydrogen (secondary N) is 1. The van der Waals surface area contributed by atoms with Gasteiger partial charge in [-0.1, -0.05) is 32.9 Å². The van der Waals surface area contributed by atoms with E-state index in [0.717, 1.165) is 51.3 Å². The van der Waals surface area contributed by atoms with Crippen LogP contribution < -0.4 is 14.5 Å². The lowest BCUT2D eigenvalue weighted by Gasteiger charge is -2.39. The van der Waals surface area contributed by atoms with E-state index in [1.54, 1.807) is 7.11 Å². The average molecular weight is 392 g/mol. The zero-order chi connectivity index (χ0) is 20.1. The van der Waals surface area contributed by atoms with E-state index in [1.165, 1.54) is 17.0 Å². The molecule has 1 aliphatic carbocycles. The molecule has 2 N–H and O–H groups in total. The highest BCUT2D eigenvalue weighted by atomic mass is 16.5. The molecule has 1 aromatic rings. The van der Waals surface area contributed by atoms with Gasteiger partial charge in [0, 0.05) is 0 Å². The van der Waals surface area contributed by atoms with E-state index in [9.17, 15) is 5.11 Å². The minimum atomic E-state index is -0.381. The van der Waals surface area contributed by atoms with E-state index in [1.807, 2.05) is 12.1 Å². The van der Waals surface area contributed by atoms with Crippen LogP contribution in [0.1, 0.15) is 40.0 Å². The fourth-order valence-electron chi connectivity index (χ4n) is 5.18. The van der Waals surface area contributed by atoms with E-state index in [4.69, 9.17) is 9.47 Å². The zero-order valence-corrected chi connectivity index (χ0v) is 18.1. The summed E-state index contributed by atoms with van der Waals surface area (Å²) in [6, 6.07) is 8.21. The molecule has 3 rings (SSSR count). The maximum atomic E-state index is 10.5. The number of methoxy groups -OCH3 is 1. The van der Waals surface area contributed by atoms with Crippen molar-refractivity contribution in [1.82, 2.24) is 0 Å². The molecule has 158 valence electrons. The monoisotopic (exact) mass is 391 g/mol. The number of aliphatic hydroxyl groups excluding tert-OH is 1. The van der Waals surface area contributed by atoms with Crippen LogP contribution in [0, 0.1) is 11.3 Å². The van der Waals surface area contributed by atoms with E-state index in [0.29, 0.717) is 24.0 Å². The van der Waals surface area contributed by atoms with Crippen LogP contribution in [0.15, 0.2) is 24.3 Å². The molecule has 0 radical (unpaired) electrons. The Morgan fingerprint density at radius 3 is 2.61 bits per heavy atom. The van der Waals surface area contributed by atoms with Gasteiger partial charge in [-0.15, -0.1) is 0 Å². The lowest BCUT2D eigenvalue weighted by atomic mass is 9.71. The summed E-state index contributed by atoms with van der Waals surface area (Å²) in [6.07, 6.45) is 3.42. The van der Waals surface area contributed by atoms with Crippen molar-refractivity contribution in [3.8, 4) is 5.75 Å². The van der Waals surface area contributed by atoms with Crippen molar-refractivity contribution in [3.05, 3.63) is 24.3 Å². The third-order valence-corrected chi connectivity index (χ3v) is 6.29. The second-order valence-electron chi connectivity index (χ2n) is 9.64. The van der Waals surface area contributed by atoms with Crippen molar-refractivity contribution >= 4 is 5.69 Å². The van der Waals surface area contributed by atoms with Crippen LogP contribution in [-0.2, 0) is 4.74 Å². The standard InChI is InChI=1S/C23H38N2O3/c1-18-13-20(15-23(2,3)14-18)28-17-19(26)16-24-9-11-25(12-10-24)21-7-5-6-8-22(21)27-4/h5-8,18-20,26H,9-17H2,1-4H3/p+1/t18-,19-,20+/m1/s1. The SMILES string of the molecule is COc1ccccc1N1CC[NH+](C[C@@H](O)CO[C@H]2C[C@@H](C)CC(C)(C)C2)CC1. The Morgan fingerprint density at radius 2 is 1.93 bits per heavy atom. The third-order valence-electron chi connectivity index (χ3n) is 6.29. The minimum Gasteiger partial charge on any atom is -0.495 e. The first-order chi connectivity index (χ1) is 13.4. The summed E-state index contributed by atoms with van der Waals surface area (Å²) in [5.74, 6) is 1.64. The highest BCUT2D eigenvalue weighted by Gasteiger charge is 2.33. The first-order valence-electron chi connectivity index (χ1n) is 10.9. The van der Waals surface area contributed by atoms with Crippen molar-refractivity contribution in [1.29, 1.82) is 0 Å². The van der Waals surface area contributed by atoms with Crippen LogP contribution in [0.5, 0.6) is 5.75 Å². The largest absolute Gasteiger partial charge is 0.495 e. The third kappa shape index (κ3) is 5.85. The van der Waals surface area contributed by atoms with Crippen molar-refractivity contribution in [3.63, 3.8) is 0 Å². The fourth-order valence-corrected chi connectivity index (χ4v) is 5.18. The predicted molar refractivity (Wildman–Crippen MR) is 113 cm³/mol. The van der Waals surface area contributed by atoms with Gasteiger partial charge in [-0.3, -0.25) is 0 Å². The molecule has 3 atom stereocenters. The summed E-state index contributed by atoms with van der Waals surface area (Å²) in [7, 11) is 1.73. The summed E-state index contributed by atoms with van der Waals surface area (Å²) in [4.78, 5) is 3.84. The molecule has 1 aliphatic heterocycles. The number of rotatable bonds is 7. The summed E-state index contributed by atoms with van der Waals surface area (Å²) in [5.41, 5.74) is 1.52. The van der Waals surface area contributed by atoms with Crippen LogP contribution >= 0.6 is 0 Å². The van der Waals surface area contributed by atoms with Gasteiger partial charge in [0.05, 0.1) is 51.7 Å². The zero-order valence-electron chi connectivity index (χ0n) is 18.1. The Kier molecular flexibility index (Phi) is 7.24. The van der Waals surface area contributed by atoms with Crippen molar-refractivity contribution < 1.29 is 19.5 Å². The number of piperazine rings is 1. The van der Waals surface area contributed by atoms with Crippen LogP contribution in [0.4, 0.5) is 5.69 Å². The number of nitrogens with zero attached hydrogens (tertiary/aromatic N) is 1. The second-order valence-corrected chi connectivity index (χ2v) is 9.64. The molecule has 1 saturated carbocycles. The molecule has 0 aromatic heterocycles. The normalized spacial score (nSPS) is 26.8. The molecule has 2 fully saturated rings. The maximum Gasteiger partial charge on any atom is 0.142 e. The number of para-hydroxylation sites is 2. The lowest BCUT2D eigenvalue weighted by Crippen LogP contribution is -3.16. The average Bonchev–Trinajstić information content (AvgIpc) is 2.65. The number of anilines is 1. The Bertz CT molecular complexity index is 614. The number of quaternary nitrogens is 1. The Morgan fingerprint density at radius 1 is 1.21 bits per heavy atom. The van der Waals surface area contributed by atoms with E-state index in [-0.39, 0.29) is 6.10 Å². The van der Waals surface area contributed by atoms with E-state index < -0.39 is 0 Å². The lowest BCUT2D eigenvalue weighted by molar-refractivity contribution is -0.903. The van der Waals surface area contributed by atoms with Crippen molar-refractivity contribution in [2.45, 2.75) is 52.2 Å². The molecular formula is C23H39N2O3+. The number of ether oxygens (including phenoxy) is 2. The van der Waals surface area contributed by atoms with E-state index >= 15 is 0 Å². The molecular weight excluding hydrogens is 352 g/mol. The van der Waals surface area contributed by atoms with Crippen molar-refractivity contribution in [2.75, 3.05) is 51.3 Å². The van der Waals surface area contributed by atoms with Gasteiger partial charge in [0.15, 0.2) is 0 Å². The molecule has 1 saturated heterocycles. The van der Waals surface area contributed by atoms with Crippen LogP contribution in [0.3, 0.4) is 0 Å². The topological polar surface area (TPSA) is 46.4 Å². The van der Waals surface area contributed by atoms with Gasteiger partial charge in [0.2, 0.25) is 0 Å². The summed E-state index contributed by atoms with van der Waals surface area (Å²) in [6.45, 7) is 12.2. The number of hydrogen-bond donors (Lipinski definition) is 2. The molecule has 1 heterocycles. The smallest absolute Gasteiger partial charge is 0.142 e. The molecule has 0 bridgehead atoms. The molecule has 2 aliphatic rings. The van der Waals surface area contributed by atoms with Gasteiger partial charge < -0.3 is 24.4 Å². The van der Waals surface area contributed by atoms with Gasteiger partial charge in [-0.05, 0) is 42.7 Å². The predicted octanol–water partition coefficient (Wildman–Crippen LogP) is 1.99. The number of hydrogen-bond acceptors (Lipinski definition) is 4. The molecule has 0 amide bonds. The highest BCUT2D eigenvalue weighted by molar-refractivity contribution is 5.58. The van der Waals surface area contributed by atoms with Crippen LogP contribution in [-0.4, -0.2) is 63.8 Å². The van der Waals surface area contributed by atoms with E-state index in [2.05, 4.69) is 37.8 Å². The van der Waals surface area contributed by atoms with Crippen LogP contribution in [0.2, 0.25) is 0 Å². The second kappa shape index (κ2) is 9.47. The van der Waals surface area contributed by atoms with Gasteiger partial charge in [0.25, 0.3) is 0 Å². The highest BCUT2D eigenvalue weighted by Crippen LogP contribution is 2.39. The molecule has 0 spiro atoms. The summed E-state index contributed by atoms with van der Waals surface area (Å²) < 4.78 is 11.6. The number of aliphatic hydroxyl groups is 1. The molecule has 5 heteroatoms. The van der Waals surface area contributed by atoms with Crippen molar-refractivity contribution in [2.24, 2.45) is 11.3 Å². The summed E-state index contributed by atoms with van der Waals surface area (Å²) in [5, 5.41) is 10.5. The first-order valence-corrected chi connectivity index (χ1v) is 10.9. The molecule has 5 nitrogen and oxygen atoms in total. The fraction of sp³-hybridized carbons (Fsp3) is 0.739. The quantitative estimate of drug-likeness (QED) is 0.746. The van der Waals surface area contributed by atoms with Crippen LogP contribution in [0.25, 0.3) is 0 Å². The molecule has 0 unspecified atom stereocenters. The van der Waals surface area contributed by atoms with Gasteiger partial charge in [-0.2, -0.15) is 0 Å². The summed E-state index contributed by atoms with van der Waals surface area (Å²) >= 11 is 0. The maximum absolute atomic E-state index is 10.5. The van der Waals surface area contributed by atoms with Gasteiger partial charge in [0.1, 0.15) is 18.4 Å². The molecule has 28 heavy (non-hydrogen) atoms. The Balaban J connectivity index is 1.41. The first kappa shape index (κ1) is 21.4. The number of benzene rings is 1. The van der Waals surface area contributed by atoms with Gasteiger partial charge in [-0.25, -0.2) is 0 Å². The molecule has 1 aromatic carbocycles.